The van der Waals surface area contributed by atoms with Crippen molar-refractivity contribution in [3.63, 3.8) is 0 Å². The highest BCUT2D eigenvalue weighted by atomic mass is 32.1. The SMILES string of the molecule is C=CCNC(=O)C1CC(=O)N(c2ccc(C)cc2)C1c1cccs1. The molecule has 1 N–H and O–H groups in total. The predicted molar refractivity (Wildman–Crippen MR) is 97.0 cm³/mol. The van der Waals surface area contributed by atoms with Crippen molar-refractivity contribution >= 4 is 28.8 Å². The fourth-order valence-electron chi connectivity index (χ4n) is 3.07. The number of anilines is 1. The second kappa shape index (κ2) is 7.01. The lowest BCUT2D eigenvalue weighted by atomic mass is 9.97. The third-order valence-corrected chi connectivity index (χ3v) is 5.17. The molecule has 0 saturated carbocycles. The Morgan fingerprint density at radius 1 is 1.38 bits per heavy atom. The van der Waals surface area contributed by atoms with Gasteiger partial charge in [-0.1, -0.05) is 29.8 Å². The first kappa shape index (κ1) is 16.5. The smallest absolute Gasteiger partial charge is 0.228 e. The molecule has 0 radical (unpaired) electrons. The number of rotatable bonds is 5. The van der Waals surface area contributed by atoms with E-state index in [-0.39, 0.29) is 24.3 Å². The highest BCUT2D eigenvalue weighted by molar-refractivity contribution is 7.10. The van der Waals surface area contributed by atoms with Gasteiger partial charge in [0.2, 0.25) is 11.8 Å². The summed E-state index contributed by atoms with van der Waals surface area (Å²) in [7, 11) is 0. The van der Waals surface area contributed by atoms with Gasteiger partial charge in [0.25, 0.3) is 0 Å². The first-order valence-corrected chi connectivity index (χ1v) is 8.80. The molecule has 1 aliphatic heterocycles. The van der Waals surface area contributed by atoms with Crippen molar-refractivity contribution in [3.05, 3.63) is 64.9 Å². The van der Waals surface area contributed by atoms with Crippen LogP contribution in [-0.4, -0.2) is 18.4 Å². The minimum atomic E-state index is -0.391. The average Bonchev–Trinajstić information content (AvgIpc) is 3.21. The summed E-state index contributed by atoms with van der Waals surface area (Å²) in [5.41, 5.74) is 1.97. The van der Waals surface area contributed by atoms with E-state index in [0.29, 0.717) is 6.54 Å². The molecule has 2 unspecified atom stereocenters. The Morgan fingerprint density at radius 3 is 2.75 bits per heavy atom. The van der Waals surface area contributed by atoms with Crippen LogP contribution in [0.2, 0.25) is 0 Å². The molecule has 1 aliphatic rings. The van der Waals surface area contributed by atoms with Crippen molar-refractivity contribution in [2.45, 2.75) is 19.4 Å². The number of thiophene rings is 1. The predicted octanol–water partition coefficient (Wildman–Crippen LogP) is 3.45. The summed E-state index contributed by atoms with van der Waals surface area (Å²) >= 11 is 1.57. The number of nitrogens with zero attached hydrogens (tertiary/aromatic N) is 1. The summed E-state index contributed by atoms with van der Waals surface area (Å²) in [4.78, 5) is 28.0. The second-order valence-electron chi connectivity index (χ2n) is 5.90. The molecule has 24 heavy (non-hydrogen) atoms. The number of carbonyl (C=O) groups excluding carboxylic acids is 2. The van der Waals surface area contributed by atoms with Crippen molar-refractivity contribution in [2.75, 3.05) is 11.4 Å². The van der Waals surface area contributed by atoms with Crippen LogP contribution in [0.5, 0.6) is 0 Å². The van der Waals surface area contributed by atoms with Crippen molar-refractivity contribution in [3.8, 4) is 0 Å². The molecular formula is C19H20N2O2S. The standard InChI is InChI=1S/C19H20N2O2S/c1-3-10-20-19(23)15-12-17(22)21(14-8-6-13(2)7-9-14)18(15)16-5-4-11-24-16/h3-9,11,15,18H,1,10,12H2,2H3,(H,20,23). The van der Waals surface area contributed by atoms with Crippen molar-refractivity contribution in [1.82, 2.24) is 5.32 Å². The maximum absolute atomic E-state index is 12.7. The molecule has 0 spiro atoms. The topological polar surface area (TPSA) is 49.4 Å². The number of hydrogen-bond acceptors (Lipinski definition) is 3. The Labute approximate surface area is 145 Å². The van der Waals surface area contributed by atoms with Crippen LogP contribution >= 0.6 is 11.3 Å². The van der Waals surface area contributed by atoms with Gasteiger partial charge in [0, 0.05) is 23.5 Å². The van der Waals surface area contributed by atoms with E-state index in [1.807, 2.05) is 48.7 Å². The van der Waals surface area contributed by atoms with E-state index in [0.717, 1.165) is 16.1 Å². The van der Waals surface area contributed by atoms with Gasteiger partial charge in [-0.05, 0) is 30.5 Å². The van der Waals surface area contributed by atoms with Gasteiger partial charge in [-0.3, -0.25) is 9.59 Å². The highest BCUT2D eigenvalue weighted by Gasteiger charge is 2.45. The number of carbonyl (C=O) groups is 2. The summed E-state index contributed by atoms with van der Waals surface area (Å²) in [5, 5.41) is 4.81. The molecule has 1 fully saturated rings. The number of amides is 2. The molecule has 0 aliphatic carbocycles. The molecule has 2 atom stereocenters. The van der Waals surface area contributed by atoms with Crippen LogP contribution in [0.3, 0.4) is 0 Å². The molecule has 124 valence electrons. The van der Waals surface area contributed by atoms with Gasteiger partial charge in [0.1, 0.15) is 0 Å². The van der Waals surface area contributed by atoms with Gasteiger partial charge in [0.15, 0.2) is 0 Å². The summed E-state index contributed by atoms with van der Waals surface area (Å²) in [6.07, 6.45) is 1.87. The molecule has 3 rings (SSSR count). The minimum Gasteiger partial charge on any atom is -0.352 e. The summed E-state index contributed by atoms with van der Waals surface area (Å²) < 4.78 is 0. The first-order valence-electron chi connectivity index (χ1n) is 7.92. The van der Waals surface area contributed by atoms with E-state index in [4.69, 9.17) is 0 Å². The van der Waals surface area contributed by atoms with Gasteiger partial charge in [-0.15, -0.1) is 17.9 Å². The number of hydrogen-bond donors (Lipinski definition) is 1. The van der Waals surface area contributed by atoms with Gasteiger partial charge < -0.3 is 10.2 Å². The fraction of sp³-hybridized carbons (Fsp3) is 0.263. The largest absolute Gasteiger partial charge is 0.352 e. The van der Waals surface area contributed by atoms with Gasteiger partial charge in [-0.2, -0.15) is 0 Å². The van der Waals surface area contributed by atoms with Crippen LogP contribution in [0.4, 0.5) is 5.69 Å². The second-order valence-corrected chi connectivity index (χ2v) is 6.88. The molecule has 5 heteroatoms. The van der Waals surface area contributed by atoms with Crippen LogP contribution in [0.15, 0.2) is 54.4 Å². The Kier molecular flexibility index (Phi) is 4.81. The summed E-state index contributed by atoms with van der Waals surface area (Å²) in [6.45, 7) is 6.04. The number of benzene rings is 1. The average molecular weight is 340 g/mol. The van der Waals surface area contributed by atoms with E-state index in [2.05, 4.69) is 11.9 Å². The van der Waals surface area contributed by atoms with Crippen molar-refractivity contribution in [1.29, 1.82) is 0 Å². The third kappa shape index (κ3) is 3.12. The summed E-state index contributed by atoms with van der Waals surface area (Å²) in [6, 6.07) is 11.5. The van der Waals surface area contributed by atoms with E-state index in [1.165, 1.54) is 0 Å². The normalized spacial score (nSPS) is 20.2. The van der Waals surface area contributed by atoms with Gasteiger partial charge >= 0.3 is 0 Å². The van der Waals surface area contributed by atoms with Crippen LogP contribution in [0.25, 0.3) is 0 Å². The fourth-order valence-corrected chi connectivity index (χ4v) is 3.95. The first-order chi connectivity index (χ1) is 11.6. The molecule has 4 nitrogen and oxygen atoms in total. The third-order valence-electron chi connectivity index (χ3n) is 4.23. The molecule has 1 saturated heterocycles. The van der Waals surface area contributed by atoms with Crippen LogP contribution in [0, 0.1) is 12.8 Å². The van der Waals surface area contributed by atoms with E-state index >= 15 is 0 Å². The van der Waals surface area contributed by atoms with Gasteiger partial charge in [0.05, 0.1) is 12.0 Å². The monoisotopic (exact) mass is 340 g/mol. The van der Waals surface area contributed by atoms with Crippen LogP contribution < -0.4 is 10.2 Å². The molecular weight excluding hydrogens is 320 g/mol. The van der Waals surface area contributed by atoms with E-state index in [1.54, 1.807) is 22.3 Å². The quantitative estimate of drug-likeness (QED) is 0.848. The lowest BCUT2D eigenvalue weighted by Crippen LogP contribution is -2.35. The Morgan fingerprint density at radius 2 is 2.12 bits per heavy atom. The lowest BCUT2D eigenvalue weighted by molar-refractivity contribution is -0.126. The van der Waals surface area contributed by atoms with E-state index < -0.39 is 5.92 Å². The molecule has 2 amide bonds. The Hall–Kier alpha value is -2.40. The minimum absolute atomic E-state index is 0.0176. The maximum atomic E-state index is 12.7. The molecule has 1 aromatic heterocycles. The van der Waals surface area contributed by atoms with E-state index in [9.17, 15) is 9.59 Å². The lowest BCUT2D eigenvalue weighted by Gasteiger charge is -2.27. The van der Waals surface area contributed by atoms with Crippen molar-refractivity contribution in [2.24, 2.45) is 5.92 Å². The Balaban J connectivity index is 1.97. The molecule has 0 bridgehead atoms. The van der Waals surface area contributed by atoms with Crippen molar-refractivity contribution < 1.29 is 9.59 Å². The number of nitrogens with one attached hydrogen (secondary N) is 1. The Bertz CT molecular complexity index is 737. The molecule has 1 aromatic carbocycles. The zero-order valence-electron chi connectivity index (χ0n) is 13.6. The number of aryl methyl sites for hydroxylation is 1. The molecule has 2 aromatic rings. The highest BCUT2D eigenvalue weighted by Crippen LogP contribution is 2.43. The maximum Gasteiger partial charge on any atom is 0.228 e. The van der Waals surface area contributed by atoms with Crippen LogP contribution in [0.1, 0.15) is 22.9 Å². The van der Waals surface area contributed by atoms with Crippen LogP contribution in [-0.2, 0) is 9.59 Å². The summed E-state index contributed by atoms with van der Waals surface area (Å²) in [5.74, 6) is -0.510. The van der Waals surface area contributed by atoms with Gasteiger partial charge in [-0.25, -0.2) is 0 Å². The zero-order chi connectivity index (χ0) is 17.1. The molecule has 2 heterocycles. The zero-order valence-corrected chi connectivity index (χ0v) is 14.4.